The van der Waals surface area contributed by atoms with Gasteiger partial charge in [0.25, 0.3) is 5.91 Å². The number of carbonyl (C=O) groups is 1. The number of aromatic nitrogens is 4. The molecule has 1 aliphatic carbocycles. The standard InChI is InChI=1S/C25H31N7O3/c1-31(2)25(33)21-15-23(29-16-28-21)30-17-3-5-19(6-4-17)35-22-14-18(32-9-11-34-12-10-32)13-20-24(22)27-8-7-26-20/h7-8,13-17,19H,3-6,9-12H2,1-2H3,(H,28,29,30). The molecule has 1 aliphatic heterocycles. The molecule has 3 heterocycles. The molecule has 1 aromatic carbocycles. The molecule has 184 valence electrons. The average molecular weight is 478 g/mol. The molecule has 2 fully saturated rings. The van der Waals surface area contributed by atoms with E-state index in [1.54, 1.807) is 32.6 Å². The van der Waals surface area contributed by atoms with E-state index in [9.17, 15) is 4.79 Å². The van der Waals surface area contributed by atoms with Crippen LogP contribution < -0.4 is 15.0 Å². The molecule has 35 heavy (non-hydrogen) atoms. The van der Waals surface area contributed by atoms with Crippen molar-refractivity contribution in [3.05, 3.63) is 42.6 Å². The summed E-state index contributed by atoms with van der Waals surface area (Å²) in [6.07, 6.45) is 8.68. The van der Waals surface area contributed by atoms with Gasteiger partial charge in [-0.25, -0.2) is 15.0 Å². The number of hydrogen-bond donors (Lipinski definition) is 1. The number of anilines is 2. The third-order valence-electron chi connectivity index (χ3n) is 6.51. The van der Waals surface area contributed by atoms with Gasteiger partial charge in [-0.1, -0.05) is 0 Å². The summed E-state index contributed by atoms with van der Waals surface area (Å²) >= 11 is 0. The number of carbonyl (C=O) groups excluding carboxylic acids is 1. The van der Waals surface area contributed by atoms with Crippen molar-refractivity contribution in [1.29, 1.82) is 0 Å². The number of nitrogens with zero attached hydrogens (tertiary/aromatic N) is 6. The van der Waals surface area contributed by atoms with Gasteiger partial charge in [0.05, 0.1) is 24.8 Å². The summed E-state index contributed by atoms with van der Waals surface area (Å²) in [4.78, 5) is 33.5. The molecule has 0 atom stereocenters. The summed E-state index contributed by atoms with van der Waals surface area (Å²) in [7, 11) is 3.43. The van der Waals surface area contributed by atoms with Crippen LogP contribution in [0.4, 0.5) is 11.5 Å². The van der Waals surface area contributed by atoms with Crippen LogP contribution in [0.15, 0.2) is 36.9 Å². The van der Waals surface area contributed by atoms with Crippen molar-refractivity contribution in [3.63, 3.8) is 0 Å². The van der Waals surface area contributed by atoms with Crippen LogP contribution in [0.25, 0.3) is 11.0 Å². The Morgan fingerprint density at radius 2 is 1.80 bits per heavy atom. The Balaban J connectivity index is 1.24. The smallest absolute Gasteiger partial charge is 0.272 e. The summed E-state index contributed by atoms with van der Waals surface area (Å²) in [6, 6.07) is 6.16. The molecule has 2 aliphatic rings. The van der Waals surface area contributed by atoms with Crippen LogP contribution in [0.1, 0.15) is 36.2 Å². The van der Waals surface area contributed by atoms with Crippen LogP contribution in [0, 0.1) is 0 Å². The molecule has 0 radical (unpaired) electrons. The molecule has 10 nitrogen and oxygen atoms in total. The van der Waals surface area contributed by atoms with Gasteiger partial charge < -0.3 is 24.6 Å². The predicted molar refractivity (Wildman–Crippen MR) is 133 cm³/mol. The van der Waals surface area contributed by atoms with Crippen LogP contribution in [-0.4, -0.2) is 83.3 Å². The summed E-state index contributed by atoms with van der Waals surface area (Å²) in [5, 5.41) is 3.46. The van der Waals surface area contributed by atoms with Crippen LogP contribution >= 0.6 is 0 Å². The lowest BCUT2D eigenvalue weighted by Gasteiger charge is -2.31. The molecule has 5 rings (SSSR count). The zero-order valence-corrected chi connectivity index (χ0v) is 20.2. The minimum absolute atomic E-state index is 0.106. The van der Waals surface area contributed by atoms with Crippen LogP contribution in [-0.2, 0) is 4.74 Å². The Bertz CT molecular complexity index is 1170. The molecule has 0 unspecified atom stereocenters. The first-order valence-electron chi connectivity index (χ1n) is 12.1. The number of nitrogens with one attached hydrogen (secondary N) is 1. The molecular weight excluding hydrogens is 446 g/mol. The van der Waals surface area contributed by atoms with Crippen LogP contribution in [0.3, 0.4) is 0 Å². The molecule has 1 saturated carbocycles. The first-order chi connectivity index (χ1) is 17.1. The Kier molecular flexibility index (Phi) is 6.89. The fourth-order valence-electron chi connectivity index (χ4n) is 4.62. The molecule has 0 spiro atoms. The second-order valence-electron chi connectivity index (χ2n) is 9.19. The van der Waals surface area contributed by atoms with E-state index in [4.69, 9.17) is 9.47 Å². The van der Waals surface area contributed by atoms with Gasteiger partial charge in [-0.05, 0) is 31.7 Å². The van der Waals surface area contributed by atoms with Crippen molar-refractivity contribution in [2.45, 2.75) is 37.8 Å². The summed E-state index contributed by atoms with van der Waals surface area (Å²) in [6.45, 7) is 3.16. The monoisotopic (exact) mass is 477 g/mol. The SMILES string of the molecule is CN(C)C(=O)c1cc(NC2CCC(Oc3cc(N4CCOCC4)cc4nccnc34)CC2)ncn1. The first-order valence-corrected chi connectivity index (χ1v) is 12.1. The van der Waals surface area contributed by atoms with E-state index in [2.05, 4.69) is 42.3 Å². The Morgan fingerprint density at radius 3 is 2.57 bits per heavy atom. The molecule has 3 aromatic rings. The topological polar surface area (TPSA) is 106 Å². The van der Waals surface area contributed by atoms with E-state index in [0.29, 0.717) is 11.5 Å². The largest absolute Gasteiger partial charge is 0.488 e. The summed E-state index contributed by atoms with van der Waals surface area (Å²) in [5.41, 5.74) is 3.12. The summed E-state index contributed by atoms with van der Waals surface area (Å²) in [5.74, 6) is 1.33. The molecule has 1 amide bonds. The van der Waals surface area contributed by atoms with Gasteiger partial charge in [0.15, 0.2) is 0 Å². The number of morpholine rings is 1. The van der Waals surface area contributed by atoms with Crippen molar-refractivity contribution in [3.8, 4) is 5.75 Å². The molecular formula is C25H31N7O3. The van der Waals surface area contributed by atoms with Crippen molar-refractivity contribution in [2.75, 3.05) is 50.6 Å². The minimum Gasteiger partial charge on any atom is -0.488 e. The number of hydrogen-bond acceptors (Lipinski definition) is 9. The van der Waals surface area contributed by atoms with Crippen molar-refractivity contribution in [1.82, 2.24) is 24.8 Å². The zero-order chi connectivity index (χ0) is 24.2. The molecule has 1 saturated heterocycles. The van der Waals surface area contributed by atoms with Gasteiger partial charge in [0.1, 0.15) is 29.1 Å². The fourth-order valence-corrected chi connectivity index (χ4v) is 4.62. The van der Waals surface area contributed by atoms with Gasteiger partial charge in [0.2, 0.25) is 0 Å². The highest BCUT2D eigenvalue weighted by Crippen LogP contribution is 2.33. The van der Waals surface area contributed by atoms with Gasteiger partial charge in [0, 0.05) is 63.4 Å². The molecule has 2 aromatic heterocycles. The first kappa shape index (κ1) is 23.2. The maximum absolute atomic E-state index is 12.2. The number of amides is 1. The highest BCUT2D eigenvalue weighted by molar-refractivity contribution is 5.92. The molecule has 0 bridgehead atoms. The predicted octanol–water partition coefficient (Wildman–Crippen LogP) is 2.76. The Morgan fingerprint density at radius 1 is 1.03 bits per heavy atom. The quantitative estimate of drug-likeness (QED) is 0.574. The van der Waals surface area contributed by atoms with Gasteiger partial charge in [-0.2, -0.15) is 0 Å². The van der Waals surface area contributed by atoms with E-state index in [0.717, 1.165) is 74.5 Å². The minimum atomic E-state index is -0.137. The number of ether oxygens (including phenoxy) is 2. The maximum Gasteiger partial charge on any atom is 0.272 e. The Hall–Kier alpha value is -3.53. The van der Waals surface area contributed by atoms with Crippen molar-refractivity contribution in [2.24, 2.45) is 0 Å². The van der Waals surface area contributed by atoms with E-state index >= 15 is 0 Å². The second kappa shape index (κ2) is 10.4. The van der Waals surface area contributed by atoms with Gasteiger partial charge >= 0.3 is 0 Å². The fraction of sp³-hybridized carbons (Fsp3) is 0.480. The maximum atomic E-state index is 12.2. The van der Waals surface area contributed by atoms with Gasteiger partial charge in [-0.3, -0.25) is 9.78 Å². The molecule has 1 N–H and O–H groups in total. The average Bonchev–Trinajstić information content (AvgIpc) is 2.90. The lowest BCUT2D eigenvalue weighted by molar-refractivity contribution is 0.0822. The van der Waals surface area contributed by atoms with Crippen LogP contribution in [0.2, 0.25) is 0 Å². The zero-order valence-electron chi connectivity index (χ0n) is 20.2. The van der Waals surface area contributed by atoms with E-state index in [1.807, 2.05) is 0 Å². The second-order valence-corrected chi connectivity index (χ2v) is 9.19. The van der Waals surface area contributed by atoms with Crippen molar-refractivity contribution < 1.29 is 14.3 Å². The third kappa shape index (κ3) is 5.43. The van der Waals surface area contributed by atoms with Crippen LogP contribution in [0.5, 0.6) is 5.75 Å². The number of fused-ring (bicyclic) bond motifs is 1. The Labute approximate surface area is 204 Å². The third-order valence-corrected chi connectivity index (χ3v) is 6.51. The summed E-state index contributed by atoms with van der Waals surface area (Å²) < 4.78 is 12.0. The van der Waals surface area contributed by atoms with E-state index in [1.165, 1.54) is 11.2 Å². The number of benzene rings is 1. The van der Waals surface area contributed by atoms with E-state index in [-0.39, 0.29) is 18.1 Å². The van der Waals surface area contributed by atoms with Crippen molar-refractivity contribution >= 4 is 28.4 Å². The normalized spacial score (nSPS) is 20.5. The number of rotatable bonds is 6. The lowest BCUT2D eigenvalue weighted by Crippen LogP contribution is -2.36. The lowest BCUT2D eigenvalue weighted by atomic mass is 9.93. The van der Waals surface area contributed by atoms with E-state index < -0.39 is 0 Å². The highest BCUT2D eigenvalue weighted by atomic mass is 16.5. The van der Waals surface area contributed by atoms with Gasteiger partial charge in [-0.15, -0.1) is 0 Å². The molecule has 10 heteroatoms. The highest BCUT2D eigenvalue weighted by Gasteiger charge is 2.25.